The van der Waals surface area contributed by atoms with E-state index < -0.39 is 11.6 Å². The Hall–Kier alpha value is -2.32. The lowest BCUT2D eigenvalue weighted by Crippen LogP contribution is -2.24. The van der Waals surface area contributed by atoms with Gasteiger partial charge in [-0.3, -0.25) is 9.59 Å². The first-order chi connectivity index (χ1) is 11.4. The van der Waals surface area contributed by atoms with Crippen molar-refractivity contribution in [2.24, 2.45) is 0 Å². The molecule has 24 heavy (non-hydrogen) atoms. The maximum atomic E-state index is 13.4. The zero-order valence-electron chi connectivity index (χ0n) is 12.6. The largest absolute Gasteiger partial charge is 0.309 e. The predicted molar refractivity (Wildman–Crippen MR) is 87.9 cm³/mol. The van der Waals surface area contributed by atoms with Crippen molar-refractivity contribution < 1.29 is 18.4 Å². The normalized spacial score (nSPS) is 17.7. The van der Waals surface area contributed by atoms with Crippen LogP contribution in [-0.4, -0.2) is 35.7 Å². The van der Waals surface area contributed by atoms with Gasteiger partial charge in [0.2, 0.25) is 0 Å². The molecule has 2 aromatic rings. The lowest BCUT2D eigenvalue weighted by molar-refractivity contribution is -0.123. The number of carbonyl (C=O) groups excluding carboxylic acids is 2. The molecule has 0 fully saturated rings. The smallest absolute Gasteiger partial charge is 0.261 e. The van der Waals surface area contributed by atoms with E-state index in [0.29, 0.717) is 21.1 Å². The van der Waals surface area contributed by atoms with Gasteiger partial charge in [0.1, 0.15) is 11.6 Å². The van der Waals surface area contributed by atoms with Crippen molar-refractivity contribution in [2.75, 3.05) is 14.1 Å². The number of hydrogen-bond donors (Lipinski definition) is 0. The van der Waals surface area contributed by atoms with Gasteiger partial charge in [0.05, 0.1) is 32.3 Å². The van der Waals surface area contributed by atoms with Gasteiger partial charge in [0, 0.05) is 24.9 Å². The summed E-state index contributed by atoms with van der Waals surface area (Å²) in [5.41, 5.74) is 1.28. The van der Waals surface area contributed by atoms with E-state index in [1.165, 1.54) is 32.7 Å². The molecule has 0 unspecified atom stereocenters. The molecule has 0 N–H and O–H groups in total. The summed E-state index contributed by atoms with van der Waals surface area (Å²) in [6.45, 7) is 0. The quantitative estimate of drug-likeness (QED) is 0.821. The van der Waals surface area contributed by atoms with E-state index in [1.54, 1.807) is 14.1 Å². The molecule has 0 saturated heterocycles. The number of rotatable bonds is 2. The standard InChI is InChI=1S/C16H10F2N2O2S2/c1-19-13(9-3-7(17)5-23-9)11-12(15(19)21)14(20(2)16(11)22)10-4-8(18)6-24-10/h3-6H,1-2H3. The highest BCUT2D eigenvalue weighted by molar-refractivity contribution is 7.11. The number of nitrogens with zero attached hydrogens (tertiary/aromatic N) is 2. The van der Waals surface area contributed by atoms with Crippen molar-refractivity contribution in [3.8, 4) is 0 Å². The number of halogens is 2. The molecule has 0 atom stereocenters. The minimum atomic E-state index is -0.416. The van der Waals surface area contributed by atoms with Crippen molar-refractivity contribution in [2.45, 2.75) is 0 Å². The molecule has 4 heterocycles. The van der Waals surface area contributed by atoms with Crippen LogP contribution in [0.15, 0.2) is 34.0 Å². The monoisotopic (exact) mass is 364 g/mol. The number of hydrogen-bond acceptors (Lipinski definition) is 4. The zero-order valence-corrected chi connectivity index (χ0v) is 14.2. The van der Waals surface area contributed by atoms with Gasteiger partial charge in [-0.05, 0) is 12.1 Å². The van der Waals surface area contributed by atoms with Crippen LogP contribution >= 0.6 is 22.7 Å². The SMILES string of the molecule is CN1C(=O)C2=C(c3cc(F)cs3)N(C)C(=O)C2=C1c1cc(F)cs1. The van der Waals surface area contributed by atoms with Crippen molar-refractivity contribution in [3.63, 3.8) is 0 Å². The first-order valence-corrected chi connectivity index (χ1v) is 8.70. The second-order valence-electron chi connectivity index (χ2n) is 5.43. The highest BCUT2D eigenvalue weighted by Crippen LogP contribution is 2.46. The van der Waals surface area contributed by atoms with Crippen LogP contribution in [0.5, 0.6) is 0 Å². The Labute approximate surface area is 143 Å². The van der Waals surface area contributed by atoms with E-state index in [-0.39, 0.29) is 23.0 Å². The van der Waals surface area contributed by atoms with Gasteiger partial charge in [0.15, 0.2) is 0 Å². The number of likely N-dealkylation sites (N-methyl/N-ethyl adjacent to an activating group) is 2. The minimum absolute atomic E-state index is 0.246. The van der Waals surface area contributed by atoms with E-state index in [9.17, 15) is 18.4 Å². The molecule has 0 aliphatic carbocycles. The third kappa shape index (κ3) is 1.93. The molecule has 0 radical (unpaired) electrons. The molecule has 0 bridgehead atoms. The van der Waals surface area contributed by atoms with Crippen molar-refractivity contribution in [1.82, 2.24) is 9.80 Å². The summed E-state index contributed by atoms with van der Waals surface area (Å²) in [6.07, 6.45) is 0. The van der Waals surface area contributed by atoms with E-state index >= 15 is 0 Å². The lowest BCUT2D eigenvalue weighted by Gasteiger charge is -2.18. The van der Waals surface area contributed by atoms with Crippen LogP contribution in [0.2, 0.25) is 0 Å². The molecule has 2 amide bonds. The molecule has 0 saturated carbocycles. The number of fused-ring (bicyclic) bond motifs is 1. The molecule has 2 aliphatic heterocycles. The van der Waals surface area contributed by atoms with Gasteiger partial charge >= 0.3 is 0 Å². The van der Waals surface area contributed by atoms with Crippen LogP contribution in [0.1, 0.15) is 9.75 Å². The summed E-state index contributed by atoms with van der Waals surface area (Å²) in [6, 6.07) is 2.60. The van der Waals surface area contributed by atoms with Crippen LogP contribution in [0.25, 0.3) is 11.4 Å². The fraction of sp³-hybridized carbons (Fsp3) is 0.125. The van der Waals surface area contributed by atoms with Crippen LogP contribution in [0, 0.1) is 11.6 Å². The summed E-state index contributed by atoms with van der Waals surface area (Å²) >= 11 is 2.26. The van der Waals surface area contributed by atoms with Crippen LogP contribution in [0.4, 0.5) is 8.78 Å². The fourth-order valence-electron chi connectivity index (χ4n) is 2.98. The summed E-state index contributed by atoms with van der Waals surface area (Å²) in [7, 11) is 3.10. The topological polar surface area (TPSA) is 40.6 Å². The maximum Gasteiger partial charge on any atom is 0.261 e. The Bertz CT molecular complexity index is 892. The molecule has 4 rings (SSSR count). The van der Waals surface area contributed by atoms with Gasteiger partial charge in [-0.15, -0.1) is 22.7 Å². The Morgan fingerprint density at radius 2 is 1.17 bits per heavy atom. The van der Waals surface area contributed by atoms with Crippen LogP contribution in [0.3, 0.4) is 0 Å². The lowest BCUT2D eigenvalue weighted by atomic mass is 10.1. The van der Waals surface area contributed by atoms with Gasteiger partial charge in [0.25, 0.3) is 11.8 Å². The number of thiophene rings is 2. The van der Waals surface area contributed by atoms with Crippen LogP contribution < -0.4 is 0 Å². The first-order valence-electron chi connectivity index (χ1n) is 6.94. The second kappa shape index (κ2) is 5.09. The molecule has 2 aliphatic rings. The van der Waals surface area contributed by atoms with Crippen molar-refractivity contribution in [1.29, 1.82) is 0 Å². The van der Waals surface area contributed by atoms with Gasteiger partial charge in [-0.1, -0.05) is 0 Å². The molecule has 122 valence electrons. The molecule has 4 nitrogen and oxygen atoms in total. The second-order valence-corrected chi connectivity index (χ2v) is 7.26. The number of amides is 2. The molecule has 0 aromatic carbocycles. The predicted octanol–water partition coefficient (Wildman–Crippen LogP) is 3.15. The zero-order chi connectivity index (χ0) is 17.2. The molecule has 2 aromatic heterocycles. The fourth-order valence-corrected chi connectivity index (χ4v) is 4.66. The Morgan fingerprint density at radius 3 is 1.46 bits per heavy atom. The summed E-state index contributed by atoms with van der Waals surface area (Å²) < 4.78 is 26.8. The molecule has 8 heteroatoms. The molecular weight excluding hydrogens is 354 g/mol. The first kappa shape index (κ1) is 15.2. The van der Waals surface area contributed by atoms with E-state index in [1.807, 2.05) is 0 Å². The minimum Gasteiger partial charge on any atom is -0.309 e. The average Bonchev–Trinajstić information content (AvgIpc) is 3.25. The Balaban J connectivity index is 2.00. The summed E-state index contributed by atoms with van der Waals surface area (Å²) in [5, 5.41) is 2.64. The number of carbonyl (C=O) groups is 2. The maximum absolute atomic E-state index is 13.4. The molecule has 0 spiro atoms. The third-order valence-corrected chi connectivity index (χ3v) is 5.85. The van der Waals surface area contributed by atoms with E-state index in [4.69, 9.17) is 0 Å². The summed E-state index contributed by atoms with van der Waals surface area (Å²) in [4.78, 5) is 29.2. The van der Waals surface area contributed by atoms with Crippen LogP contribution in [-0.2, 0) is 9.59 Å². The molecular formula is C16H10F2N2O2S2. The highest BCUT2D eigenvalue weighted by Gasteiger charge is 2.47. The van der Waals surface area contributed by atoms with Gasteiger partial charge in [-0.25, -0.2) is 8.78 Å². The van der Waals surface area contributed by atoms with E-state index in [2.05, 4.69) is 0 Å². The summed E-state index contributed by atoms with van der Waals surface area (Å²) in [5.74, 6) is -1.54. The van der Waals surface area contributed by atoms with Gasteiger partial charge < -0.3 is 9.80 Å². The Kier molecular flexibility index (Phi) is 3.23. The Morgan fingerprint density at radius 1 is 0.792 bits per heavy atom. The third-order valence-electron chi connectivity index (χ3n) is 4.03. The highest BCUT2D eigenvalue weighted by atomic mass is 32.1. The van der Waals surface area contributed by atoms with Gasteiger partial charge in [-0.2, -0.15) is 0 Å². The van der Waals surface area contributed by atoms with Crippen molar-refractivity contribution in [3.05, 3.63) is 55.4 Å². The average molecular weight is 364 g/mol. The van der Waals surface area contributed by atoms with Crippen molar-refractivity contribution >= 4 is 45.9 Å². The van der Waals surface area contributed by atoms with E-state index in [0.717, 1.165) is 22.7 Å².